The Morgan fingerprint density at radius 3 is 1.53 bits per heavy atom. The van der Waals surface area contributed by atoms with Crippen LogP contribution in [0.2, 0.25) is 0 Å². The molecule has 6 nitrogen and oxygen atoms in total. The lowest BCUT2D eigenvalue weighted by atomic mass is 10.1. The molecule has 0 aromatic carbocycles. The number of unbranched alkanes of at least 4 members (excludes halogenated alkanes) is 16. The van der Waals surface area contributed by atoms with E-state index in [1.807, 2.05) is 0 Å². The minimum atomic E-state index is -4.35. The Morgan fingerprint density at radius 2 is 1.02 bits per heavy atom. The predicted octanol–water partition coefficient (Wildman–Crippen LogP) is 9.57. The molecule has 0 aromatic rings. The second kappa shape index (κ2) is 30.3. The second-order valence-electron chi connectivity index (χ2n) is 11.8. The molecule has 1 amide bonds. The van der Waals surface area contributed by atoms with Crippen molar-refractivity contribution in [3.05, 3.63) is 48.6 Å². The highest BCUT2D eigenvalue weighted by Gasteiger charge is 2.24. The average molecular weight is 624 g/mol. The monoisotopic (exact) mass is 623 g/mol. The third kappa shape index (κ3) is 31.5. The molecule has 0 saturated carbocycles. The topological polar surface area (TPSA) is 104 Å². The van der Waals surface area contributed by atoms with E-state index in [1.165, 1.54) is 70.3 Å². The molecule has 0 aliphatic rings. The fourth-order valence-electron chi connectivity index (χ4n) is 4.81. The van der Waals surface area contributed by atoms with Gasteiger partial charge in [-0.05, 0) is 64.2 Å². The first-order chi connectivity index (χ1) is 20.8. The quantitative estimate of drug-likeness (QED) is 0.0420. The summed E-state index contributed by atoms with van der Waals surface area (Å²) in [6.45, 7) is 4.45. The number of carbonyl (C=O) groups excluding carboxylic acids is 1. The smallest absolute Gasteiger partial charge is 0.267 e. The summed E-state index contributed by atoms with van der Waals surface area (Å²) < 4.78 is 32.3. The molecule has 43 heavy (non-hydrogen) atoms. The molecule has 0 bridgehead atoms. The van der Waals surface area contributed by atoms with E-state index in [-0.39, 0.29) is 12.3 Å². The Balaban J connectivity index is 4.13. The largest absolute Gasteiger partial charge is 0.387 e. The Labute approximate surface area is 265 Å². The number of allylic oxidation sites excluding steroid dienone is 7. The molecule has 0 saturated heterocycles. The van der Waals surface area contributed by atoms with Crippen molar-refractivity contribution in [2.45, 2.75) is 167 Å². The number of hydrogen-bond donors (Lipinski definition) is 3. The molecule has 0 fully saturated rings. The fourth-order valence-corrected chi connectivity index (χ4v) is 5.55. The highest BCUT2D eigenvalue weighted by molar-refractivity contribution is 7.85. The van der Waals surface area contributed by atoms with Gasteiger partial charge in [-0.25, -0.2) is 0 Å². The van der Waals surface area contributed by atoms with E-state index >= 15 is 0 Å². The van der Waals surface area contributed by atoms with Crippen LogP contribution in [0.15, 0.2) is 48.6 Å². The predicted molar refractivity (Wildman–Crippen MR) is 184 cm³/mol. The number of aliphatic hydroxyl groups excluding tert-OH is 1. The molecule has 0 aliphatic carbocycles. The molecule has 250 valence electrons. The molecule has 2 atom stereocenters. The molecular weight excluding hydrogens is 558 g/mol. The van der Waals surface area contributed by atoms with Gasteiger partial charge in [-0.2, -0.15) is 8.42 Å². The molecule has 0 spiro atoms. The summed E-state index contributed by atoms with van der Waals surface area (Å²) in [5.74, 6) is -1.03. The molecule has 7 heteroatoms. The van der Waals surface area contributed by atoms with Crippen molar-refractivity contribution in [1.29, 1.82) is 0 Å². The summed E-state index contributed by atoms with van der Waals surface area (Å²) in [6, 6.07) is -1.08. The molecule has 0 radical (unpaired) electrons. The van der Waals surface area contributed by atoms with Crippen LogP contribution < -0.4 is 5.32 Å². The standard InChI is InChI=1S/C36H65NO5S/c1-3-5-7-9-11-13-15-16-17-18-19-20-22-23-25-27-29-31-35(38)34(33-43(40,41)42)37-36(39)32-30-28-26-24-21-14-12-10-8-6-4-2/h10,12,17-18,22-23,29,31,34-35,38H,3-9,11,13-16,19-21,24-28,30,32-33H2,1-2H3,(H,37,39)(H,40,41,42)/b12-10-,18-17+,23-22+,31-29+. The first kappa shape index (κ1) is 41.3. The molecule has 2 unspecified atom stereocenters. The van der Waals surface area contributed by atoms with Crippen molar-refractivity contribution in [1.82, 2.24) is 5.32 Å². The maximum absolute atomic E-state index is 12.4. The normalized spacial score (nSPS) is 14.0. The van der Waals surface area contributed by atoms with Crippen LogP contribution in [0.25, 0.3) is 0 Å². The summed E-state index contributed by atoms with van der Waals surface area (Å²) in [4.78, 5) is 12.4. The van der Waals surface area contributed by atoms with Crippen LogP contribution in [0.5, 0.6) is 0 Å². The highest BCUT2D eigenvalue weighted by atomic mass is 32.2. The van der Waals surface area contributed by atoms with Crippen molar-refractivity contribution < 1.29 is 22.9 Å². The summed E-state index contributed by atoms with van der Waals surface area (Å²) in [5.41, 5.74) is 0. The molecule has 0 heterocycles. The van der Waals surface area contributed by atoms with Crippen LogP contribution in [-0.4, -0.2) is 41.9 Å². The van der Waals surface area contributed by atoms with Gasteiger partial charge in [-0.3, -0.25) is 9.35 Å². The summed E-state index contributed by atoms with van der Waals surface area (Å²) in [6.07, 6.45) is 39.5. The average Bonchev–Trinajstić information content (AvgIpc) is 2.96. The lowest BCUT2D eigenvalue weighted by molar-refractivity contribution is -0.122. The van der Waals surface area contributed by atoms with Crippen molar-refractivity contribution in [2.24, 2.45) is 0 Å². The Bertz CT molecular complexity index is 863. The number of rotatable bonds is 30. The zero-order valence-electron chi connectivity index (χ0n) is 27.6. The SMILES string of the molecule is CCCC/C=C\CCCCCCCC(=O)NC(CS(=O)(=O)O)C(O)/C=C/CC/C=C/CC/C=C/CCCCCCCCC. The summed E-state index contributed by atoms with van der Waals surface area (Å²) in [5, 5.41) is 13.1. The van der Waals surface area contributed by atoms with Crippen LogP contribution in [0.4, 0.5) is 0 Å². The van der Waals surface area contributed by atoms with Crippen LogP contribution in [0.1, 0.15) is 155 Å². The van der Waals surface area contributed by atoms with Gasteiger partial charge in [0.15, 0.2) is 0 Å². The number of amides is 1. The first-order valence-corrected chi connectivity index (χ1v) is 18.9. The highest BCUT2D eigenvalue weighted by Crippen LogP contribution is 2.11. The first-order valence-electron chi connectivity index (χ1n) is 17.3. The maximum atomic E-state index is 12.4. The van der Waals surface area contributed by atoms with E-state index in [9.17, 15) is 22.9 Å². The maximum Gasteiger partial charge on any atom is 0.267 e. The Kier molecular flexibility index (Phi) is 29.1. The zero-order valence-corrected chi connectivity index (χ0v) is 28.4. The molecule has 0 aromatic heterocycles. The van der Waals surface area contributed by atoms with E-state index in [0.717, 1.165) is 57.8 Å². The van der Waals surface area contributed by atoms with Crippen LogP contribution in [0, 0.1) is 0 Å². The fraction of sp³-hybridized carbons (Fsp3) is 0.750. The third-order valence-electron chi connectivity index (χ3n) is 7.46. The van der Waals surface area contributed by atoms with Gasteiger partial charge in [0.25, 0.3) is 10.1 Å². The van der Waals surface area contributed by atoms with Gasteiger partial charge < -0.3 is 10.4 Å². The minimum Gasteiger partial charge on any atom is -0.387 e. The van der Waals surface area contributed by atoms with Gasteiger partial charge in [-0.1, -0.05) is 133 Å². The summed E-state index contributed by atoms with van der Waals surface area (Å²) >= 11 is 0. The minimum absolute atomic E-state index is 0.272. The van der Waals surface area contributed by atoms with Gasteiger partial charge in [0, 0.05) is 6.42 Å². The second-order valence-corrected chi connectivity index (χ2v) is 13.3. The number of carbonyl (C=O) groups is 1. The van der Waals surface area contributed by atoms with Crippen LogP contribution in [-0.2, 0) is 14.9 Å². The van der Waals surface area contributed by atoms with Crippen LogP contribution in [0.3, 0.4) is 0 Å². The van der Waals surface area contributed by atoms with Crippen molar-refractivity contribution in [3.63, 3.8) is 0 Å². The number of hydrogen-bond acceptors (Lipinski definition) is 4. The van der Waals surface area contributed by atoms with E-state index in [0.29, 0.717) is 12.8 Å². The number of aliphatic hydroxyl groups is 1. The summed E-state index contributed by atoms with van der Waals surface area (Å²) in [7, 11) is -4.35. The Hall–Kier alpha value is -1.70. The van der Waals surface area contributed by atoms with E-state index < -0.39 is 28.0 Å². The zero-order chi connectivity index (χ0) is 31.9. The van der Waals surface area contributed by atoms with Gasteiger partial charge in [-0.15, -0.1) is 0 Å². The third-order valence-corrected chi connectivity index (χ3v) is 8.24. The van der Waals surface area contributed by atoms with Crippen molar-refractivity contribution >= 4 is 16.0 Å². The van der Waals surface area contributed by atoms with Crippen LogP contribution >= 0.6 is 0 Å². The molecule has 0 aliphatic heterocycles. The lowest BCUT2D eigenvalue weighted by Gasteiger charge is -2.21. The van der Waals surface area contributed by atoms with E-state index in [2.05, 4.69) is 55.6 Å². The van der Waals surface area contributed by atoms with Gasteiger partial charge >= 0.3 is 0 Å². The van der Waals surface area contributed by atoms with Gasteiger partial charge in [0.1, 0.15) is 0 Å². The Morgan fingerprint density at radius 1 is 0.605 bits per heavy atom. The van der Waals surface area contributed by atoms with Crippen molar-refractivity contribution in [2.75, 3.05) is 5.75 Å². The van der Waals surface area contributed by atoms with Gasteiger partial charge in [0.2, 0.25) is 5.91 Å². The van der Waals surface area contributed by atoms with E-state index in [4.69, 9.17) is 0 Å². The molecule has 3 N–H and O–H groups in total. The van der Waals surface area contributed by atoms with E-state index in [1.54, 1.807) is 6.08 Å². The number of nitrogens with one attached hydrogen (secondary N) is 1. The lowest BCUT2D eigenvalue weighted by Crippen LogP contribution is -2.46. The molecular formula is C36H65NO5S. The molecule has 0 rings (SSSR count). The van der Waals surface area contributed by atoms with Crippen molar-refractivity contribution in [3.8, 4) is 0 Å². The van der Waals surface area contributed by atoms with Gasteiger partial charge in [0.05, 0.1) is 17.9 Å².